The van der Waals surface area contributed by atoms with Gasteiger partial charge in [-0.3, -0.25) is 9.48 Å². The highest BCUT2D eigenvalue weighted by Gasteiger charge is 2.23. The molecule has 23 heavy (non-hydrogen) atoms. The van der Waals surface area contributed by atoms with E-state index in [1.54, 1.807) is 37.7 Å². The second-order valence-corrected chi connectivity index (χ2v) is 5.45. The lowest BCUT2D eigenvalue weighted by Gasteiger charge is -2.14. The summed E-state index contributed by atoms with van der Waals surface area (Å²) in [5, 5.41) is 16.7. The maximum Gasteiger partial charge on any atom is 0.326 e. The molecule has 0 saturated carbocycles. The van der Waals surface area contributed by atoms with Crippen LogP contribution in [-0.2, 0) is 11.8 Å². The van der Waals surface area contributed by atoms with Crippen LogP contribution in [0.15, 0.2) is 18.7 Å². The Morgan fingerprint density at radius 3 is 2.78 bits per heavy atom. The number of aryl methyl sites for hydroxylation is 3. The Balaban J connectivity index is 2.40. The average molecular weight is 316 g/mol. The Bertz CT molecular complexity index is 779. The second kappa shape index (κ2) is 6.60. The number of hydrogen-bond donors (Lipinski definition) is 2. The number of carboxylic acid groups (broad SMARTS) is 1. The molecule has 0 bridgehead atoms. The van der Waals surface area contributed by atoms with Crippen LogP contribution >= 0.6 is 0 Å². The molecular weight excluding hydrogens is 296 g/mol. The van der Waals surface area contributed by atoms with Gasteiger partial charge in [0.1, 0.15) is 6.04 Å². The molecule has 0 spiro atoms. The molecular formula is C16H20N4O3. The number of aromatic nitrogens is 3. The number of rotatable bonds is 6. The summed E-state index contributed by atoms with van der Waals surface area (Å²) >= 11 is 0. The van der Waals surface area contributed by atoms with Crippen LogP contribution in [0.4, 0.5) is 0 Å². The fraction of sp³-hybridized carbons (Fsp3) is 0.375. The van der Waals surface area contributed by atoms with Gasteiger partial charge in [0.2, 0.25) is 0 Å². The number of carboxylic acids is 1. The zero-order valence-electron chi connectivity index (χ0n) is 13.5. The molecule has 0 aliphatic carbocycles. The number of nitrogens with zero attached hydrogens (tertiary/aromatic N) is 3. The van der Waals surface area contributed by atoms with Crippen molar-refractivity contribution in [3.63, 3.8) is 0 Å². The third-order valence-electron chi connectivity index (χ3n) is 3.60. The van der Waals surface area contributed by atoms with E-state index in [1.165, 1.54) is 0 Å². The molecule has 1 unspecified atom stereocenters. The molecule has 2 N–H and O–H groups in total. The van der Waals surface area contributed by atoms with Gasteiger partial charge in [0.15, 0.2) is 5.65 Å². The van der Waals surface area contributed by atoms with Crippen LogP contribution in [0.2, 0.25) is 0 Å². The molecule has 1 amide bonds. The highest BCUT2D eigenvalue weighted by molar-refractivity contribution is 6.07. The van der Waals surface area contributed by atoms with Gasteiger partial charge in [-0.25, -0.2) is 9.78 Å². The Morgan fingerprint density at radius 2 is 2.17 bits per heavy atom. The summed E-state index contributed by atoms with van der Waals surface area (Å²) in [5.41, 5.74) is 2.34. The molecule has 0 aliphatic rings. The minimum atomic E-state index is -1.06. The van der Waals surface area contributed by atoms with Gasteiger partial charge in [0.25, 0.3) is 5.91 Å². The first kappa shape index (κ1) is 16.7. The highest BCUT2D eigenvalue weighted by Crippen LogP contribution is 2.21. The number of amides is 1. The van der Waals surface area contributed by atoms with E-state index in [4.69, 9.17) is 0 Å². The molecule has 1 atom stereocenters. The van der Waals surface area contributed by atoms with E-state index in [2.05, 4.69) is 22.0 Å². The van der Waals surface area contributed by atoms with E-state index in [-0.39, 0.29) is 0 Å². The molecule has 2 rings (SSSR count). The molecule has 7 heteroatoms. The van der Waals surface area contributed by atoms with Crippen molar-refractivity contribution in [2.75, 3.05) is 0 Å². The van der Waals surface area contributed by atoms with Gasteiger partial charge in [-0.1, -0.05) is 6.08 Å². The topological polar surface area (TPSA) is 97.1 Å². The van der Waals surface area contributed by atoms with Crippen molar-refractivity contribution < 1.29 is 14.7 Å². The van der Waals surface area contributed by atoms with Gasteiger partial charge >= 0.3 is 5.97 Å². The lowest BCUT2D eigenvalue weighted by Crippen LogP contribution is -2.40. The van der Waals surface area contributed by atoms with Gasteiger partial charge in [-0.15, -0.1) is 6.58 Å². The van der Waals surface area contributed by atoms with E-state index < -0.39 is 17.9 Å². The van der Waals surface area contributed by atoms with Crippen molar-refractivity contribution in [2.45, 2.75) is 32.7 Å². The molecule has 0 saturated heterocycles. The molecule has 122 valence electrons. The SMILES string of the molecule is C=CCCC(NC(=O)c1cc(C)nc2c1c(C)nn2C)C(=O)O. The predicted octanol–water partition coefficient (Wildman–Crippen LogP) is 1.73. The molecule has 0 fully saturated rings. The molecule has 2 aromatic heterocycles. The van der Waals surface area contributed by atoms with Gasteiger partial charge < -0.3 is 10.4 Å². The quantitative estimate of drug-likeness (QED) is 0.791. The monoisotopic (exact) mass is 316 g/mol. The smallest absolute Gasteiger partial charge is 0.326 e. The van der Waals surface area contributed by atoms with Crippen LogP contribution in [0.1, 0.15) is 34.6 Å². The van der Waals surface area contributed by atoms with E-state index in [0.29, 0.717) is 40.8 Å². The minimum Gasteiger partial charge on any atom is -0.480 e. The fourth-order valence-electron chi connectivity index (χ4n) is 2.53. The van der Waals surface area contributed by atoms with Crippen LogP contribution in [0.3, 0.4) is 0 Å². The number of carbonyl (C=O) groups is 2. The predicted molar refractivity (Wildman–Crippen MR) is 86.3 cm³/mol. The van der Waals surface area contributed by atoms with Crippen molar-refractivity contribution in [2.24, 2.45) is 7.05 Å². The van der Waals surface area contributed by atoms with Gasteiger partial charge in [0, 0.05) is 12.7 Å². The maximum atomic E-state index is 12.6. The summed E-state index contributed by atoms with van der Waals surface area (Å²) in [6.07, 6.45) is 2.43. The molecule has 0 aliphatic heterocycles. The summed E-state index contributed by atoms with van der Waals surface area (Å²) in [4.78, 5) is 28.3. The van der Waals surface area contributed by atoms with Crippen molar-refractivity contribution in [1.82, 2.24) is 20.1 Å². The number of nitrogens with one attached hydrogen (secondary N) is 1. The summed E-state index contributed by atoms with van der Waals surface area (Å²) < 4.78 is 1.61. The van der Waals surface area contributed by atoms with Crippen LogP contribution in [0.25, 0.3) is 11.0 Å². The third kappa shape index (κ3) is 3.39. The van der Waals surface area contributed by atoms with Gasteiger partial charge in [-0.05, 0) is 32.8 Å². The van der Waals surface area contributed by atoms with Crippen LogP contribution in [0.5, 0.6) is 0 Å². The van der Waals surface area contributed by atoms with E-state index in [0.717, 1.165) is 0 Å². The third-order valence-corrected chi connectivity index (χ3v) is 3.60. The first-order chi connectivity index (χ1) is 10.8. The Kier molecular flexibility index (Phi) is 4.78. The van der Waals surface area contributed by atoms with Crippen molar-refractivity contribution in [1.29, 1.82) is 0 Å². The van der Waals surface area contributed by atoms with Crippen molar-refractivity contribution in [3.05, 3.63) is 35.7 Å². The lowest BCUT2D eigenvalue weighted by atomic mass is 10.1. The Hall–Kier alpha value is -2.70. The number of hydrogen-bond acceptors (Lipinski definition) is 4. The molecule has 0 radical (unpaired) electrons. The zero-order valence-corrected chi connectivity index (χ0v) is 13.5. The van der Waals surface area contributed by atoms with Gasteiger partial charge in [0.05, 0.1) is 16.6 Å². The highest BCUT2D eigenvalue weighted by atomic mass is 16.4. The lowest BCUT2D eigenvalue weighted by molar-refractivity contribution is -0.139. The molecule has 2 aromatic rings. The standard InChI is InChI=1S/C16H20N4O3/c1-5-6-7-12(16(22)23)18-15(21)11-8-9(2)17-14-13(11)10(3)19-20(14)4/h5,8,12H,1,6-7H2,2-4H3,(H,18,21)(H,22,23). The number of carbonyl (C=O) groups excluding carboxylic acids is 1. The maximum absolute atomic E-state index is 12.6. The van der Waals surface area contributed by atoms with E-state index in [1.807, 2.05) is 0 Å². The van der Waals surface area contributed by atoms with Crippen molar-refractivity contribution in [3.8, 4) is 0 Å². The number of aliphatic carboxylic acids is 1. The average Bonchev–Trinajstić information content (AvgIpc) is 2.76. The van der Waals surface area contributed by atoms with Gasteiger partial charge in [-0.2, -0.15) is 5.10 Å². The summed E-state index contributed by atoms with van der Waals surface area (Å²) in [5.74, 6) is -1.50. The van der Waals surface area contributed by atoms with Crippen LogP contribution in [-0.4, -0.2) is 37.8 Å². The molecule has 2 heterocycles. The normalized spacial score (nSPS) is 12.1. The fourth-order valence-corrected chi connectivity index (χ4v) is 2.53. The Morgan fingerprint density at radius 1 is 1.48 bits per heavy atom. The largest absolute Gasteiger partial charge is 0.480 e. The summed E-state index contributed by atoms with van der Waals surface area (Å²) in [6.45, 7) is 7.15. The zero-order chi connectivity index (χ0) is 17.1. The summed E-state index contributed by atoms with van der Waals surface area (Å²) in [7, 11) is 1.76. The van der Waals surface area contributed by atoms with E-state index in [9.17, 15) is 14.7 Å². The Labute approximate surface area is 134 Å². The van der Waals surface area contributed by atoms with Crippen LogP contribution in [0, 0.1) is 13.8 Å². The first-order valence-electron chi connectivity index (χ1n) is 7.30. The second-order valence-electron chi connectivity index (χ2n) is 5.45. The molecule has 7 nitrogen and oxygen atoms in total. The summed E-state index contributed by atoms with van der Waals surface area (Å²) in [6, 6.07) is 0.694. The number of allylic oxidation sites excluding steroid dienone is 1. The van der Waals surface area contributed by atoms with Crippen molar-refractivity contribution >= 4 is 22.9 Å². The minimum absolute atomic E-state index is 0.295. The van der Waals surface area contributed by atoms with Crippen LogP contribution < -0.4 is 5.32 Å². The van der Waals surface area contributed by atoms with E-state index >= 15 is 0 Å². The molecule has 0 aromatic carbocycles. The number of fused-ring (bicyclic) bond motifs is 1. The number of pyridine rings is 1. The first-order valence-corrected chi connectivity index (χ1v) is 7.30.